The van der Waals surface area contributed by atoms with E-state index in [9.17, 15) is 9.18 Å². The number of nitrogens with zero attached hydrogens (tertiary/aromatic N) is 2. The van der Waals surface area contributed by atoms with Crippen molar-refractivity contribution >= 4 is 5.97 Å². The van der Waals surface area contributed by atoms with Crippen molar-refractivity contribution in [3.05, 3.63) is 35.5 Å². The maximum Gasteiger partial charge on any atom is 0.362 e. The Hall–Kier alpha value is -2.88. The van der Waals surface area contributed by atoms with Crippen molar-refractivity contribution in [2.75, 3.05) is 0 Å². The molecular formula is C17H16FN3O3. The molecule has 1 fully saturated rings. The number of aromatic carboxylic acids is 1. The molecule has 24 heavy (non-hydrogen) atoms. The molecule has 124 valence electrons. The third kappa shape index (κ3) is 3.90. The summed E-state index contributed by atoms with van der Waals surface area (Å²) in [6.45, 7) is 0. The highest BCUT2D eigenvalue weighted by atomic mass is 19.1. The van der Waals surface area contributed by atoms with E-state index in [-0.39, 0.29) is 17.5 Å². The molecule has 1 aromatic carbocycles. The second kappa shape index (κ2) is 7.13. The number of alkyl halides is 1. The molecule has 0 aliphatic heterocycles. The van der Waals surface area contributed by atoms with Gasteiger partial charge in [-0.1, -0.05) is 23.1 Å². The topological polar surface area (TPSA) is 88.1 Å². The van der Waals surface area contributed by atoms with Crippen molar-refractivity contribution in [1.82, 2.24) is 15.4 Å². The summed E-state index contributed by atoms with van der Waals surface area (Å²) in [5, 5.41) is 18.3. The van der Waals surface area contributed by atoms with Crippen molar-refractivity contribution in [3.63, 3.8) is 0 Å². The third-order valence-electron chi connectivity index (χ3n) is 3.85. The first-order valence-electron chi connectivity index (χ1n) is 7.69. The van der Waals surface area contributed by atoms with Crippen LogP contribution in [-0.2, 0) is 0 Å². The van der Waals surface area contributed by atoms with Crippen LogP contribution in [0.2, 0.25) is 0 Å². The van der Waals surface area contributed by atoms with Crippen LogP contribution in [0.4, 0.5) is 4.39 Å². The van der Waals surface area contributed by atoms with E-state index in [1.807, 2.05) is 6.07 Å². The number of aromatic nitrogens is 3. The summed E-state index contributed by atoms with van der Waals surface area (Å²) in [4.78, 5) is 11.0. The van der Waals surface area contributed by atoms with E-state index in [1.54, 1.807) is 18.2 Å². The molecule has 7 heteroatoms. The molecule has 0 bridgehead atoms. The number of carbonyl (C=O) groups is 1. The van der Waals surface area contributed by atoms with Gasteiger partial charge in [-0.3, -0.25) is 0 Å². The number of benzene rings is 1. The lowest BCUT2D eigenvalue weighted by molar-refractivity contribution is 0.0687. The van der Waals surface area contributed by atoms with Crippen molar-refractivity contribution in [3.8, 4) is 23.5 Å². The first-order valence-corrected chi connectivity index (χ1v) is 7.69. The number of aromatic amines is 1. The molecule has 0 unspecified atom stereocenters. The monoisotopic (exact) mass is 329 g/mol. The Morgan fingerprint density at radius 1 is 1.33 bits per heavy atom. The summed E-state index contributed by atoms with van der Waals surface area (Å²) < 4.78 is 18.6. The van der Waals surface area contributed by atoms with E-state index < -0.39 is 12.1 Å². The van der Waals surface area contributed by atoms with Crippen LogP contribution in [0.1, 0.15) is 41.7 Å². The van der Waals surface area contributed by atoms with Gasteiger partial charge in [-0.25, -0.2) is 14.3 Å². The summed E-state index contributed by atoms with van der Waals surface area (Å²) in [6, 6.07) is 7.00. The predicted molar refractivity (Wildman–Crippen MR) is 83.6 cm³/mol. The Morgan fingerprint density at radius 3 is 2.88 bits per heavy atom. The molecule has 0 radical (unpaired) electrons. The maximum absolute atomic E-state index is 13.1. The zero-order chi connectivity index (χ0) is 16.9. The number of H-pyrrole nitrogens is 1. The van der Waals surface area contributed by atoms with E-state index in [4.69, 9.17) is 9.84 Å². The summed E-state index contributed by atoms with van der Waals surface area (Å²) >= 11 is 0. The molecule has 0 saturated heterocycles. The third-order valence-corrected chi connectivity index (χ3v) is 3.85. The second-order valence-corrected chi connectivity index (χ2v) is 5.64. The van der Waals surface area contributed by atoms with Crippen LogP contribution < -0.4 is 4.74 Å². The summed E-state index contributed by atoms with van der Waals surface area (Å²) in [5.41, 5.74) is 0.466. The Bertz CT molecular complexity index is 786. The number of rotatable bonds is 3. The lowest BCUT2D eigenvalue weighted by atomic mass is 9.88. The maximum atomic E-state index is 13.1. The Morgan fingerprint density at radius 2 is 2.12 bits per heavy atom. The molecule has 2 aromatic rings. The second-order valence-electron chi connectivity index (χ2n) is 5.64. The van der Waals surface area contributed by atoms with Crippen molar-refractivity contribution < 1.29 is 19.0 Å². The Labute approximate surface area is 138 Å². The average Bonchev–Trinajstić information content (AvgIpc) is 3.03. The fourth-order valence-corrected chi connectivity index (χ4v) is 2.57. The van der Waals surface area contributed by atoms with Gasteiger partial charge in [-0.2, -0.15) is 0 Å². The van der Waals surface area contributed by atoms with E-state index in [2.05, 4.69) is 27.3 Å². The van der Waals surface area contributed by atoms with Crippen LogP contribution in [0.25, 0.3) is 0 Å². The van der Waals surface area contributed by atoms with Crippen molar-refractivity contribution in [2.45, 2.75) is 31.9 Å². The van der Waals surface area contributed by atoms with Gasteiger partial charge in [0.2, 0.25) is 5.69 Å². The molecular weight excluding hydrogens is 313 g/mol. The van der Waals surface area contributed by atoms with Crippen LogP contribution in [-0.4, -0.2) is 32.7 Å². The minimum Gasteiger partial charge on any atom is -0.476 e. The van der Waals surface area contributed by atoms with E-state index in [0.717, 1.165) is 18.4 Å². The van der Waals surface area contributed by atoms with E-state index >= 15 is 0 Å². The predicted octanol–water partition coefficient (Wildman–Crippen LogP) is 3.18. The highest BCUT2D eigenvalue weighted by molar-refractivity contribution is 5.87. The lowest BCUT2D eigenvalue weighted by Crippen LogP contribution is -2.13. The molecule has 1 aromatic heterocycles. The molecule has 0 amide bonds. The van der Waals surface area contributed by atoms with Gasteiger partial charge in [0.1, 0.15) is 11.9 Å². The normalized spacial score (nSPS) is 20.0. The molecule has 1 heterocycles. The van der Waals surface area contributed by atoms with Crippen molar-refractivity contribution in [2.24, 2.45) is 5.92 Å². The zero-order valence-corrected chi connectivity index (χ0v) is 12.8. The minimum atomic E-state index is -1.22. The minimum absolute atomic E-state index is 0.0334. The molecule has 0 atom stereocenters. The summed E-state index contributed by atoms with van der Waals surface area (Å²) in [5.74, 6) is 5.65. The number of hydrogen-bond donors (Lipinski definition) is 2. The van der Waals surface area contributed by atoms with Gasteiger partial charge < -0.3 is 9.84 Å². The highest BCUT2D eigenvalue weighted by Crippen LogP contribution is 2.26. The van der Waals surface area contributed by atoms with Crippen molar-refractivity contribution in [1.29, 1.82) is 0 Å². The fourth-order valence-electron chi connectivity index (χ4n) is 2.57. The van der Waals surface area contributed by atoms with Gasteiger partial charge in [0, 0.05) is 11.5 Å². The lowest BCUT2D eigenvalue weighted by Gasteiger charge is -2.19. The van der Waals surface area contributed by atoms with Crippen LogP contribution in [0, 0.1) is 17.8 Å². The number of carboxylic acid groups (broad SMARTS) is 1. The largest absolute Gasteiger partial charge is 0.476 e. The van der Waals surface area contributed by atoms with Gasteiger partial charge in [0.15, 0.2) is 0 Å². The first-order chi connectivity index (χ1) is 11.6. The molecule has 1 aliphatic rings. The van der Waals surface area contributed by atoms with Gasteiger partial charge in [0.25, 0.3) is 5.88 Å². The SMILES string of the molecule is O=C(O)c1nn[nH]c1Oc1cccc(C#CC2CCC(F)CC2)c1. The highest BCUT2D eigenvalue weighted by Gasteiger charge is 2.19. The van der Waals surface area contributed by atoms with E-state index in [1.165, 1.54) is 0 Å². The fraction of sp³-hybridized carbons (Fsp3) is 0.353. The number of hydrogen-bond acceptors (Lipinski definition) is 4. The Kier molecular flexibility index (Phi) is 4.75. The van der Waals surface area contributed by atoms with Gasteiger partial charge in [-0.05, 0) is 43.9 Å². The number of nitrogens with one attached hydrogen (secondary N) is 1. The van der Waals surface area contributed by atoms with Gasteiger partial charge in [0.05, 0.1) is 0 Å². The van der Waals surface area contributed by atoms with Gasteiger partial charge >= 0.3 is 5.97 Å². The number of carboxylic acids is 1. The molecule has 1 aliphatic carbocycles. The summed E-state index contributed by atoms with van der Waals surface area (Å²) in [6.07, 6.45) is 2.03. The van der Waals surface area contributed by atoms with Gasteiger partial charge in [-0.15, -0.1) is 5.10 Å². The van der Waals surface area contributed by atoms with E-state index in [0.29, 0.717) is 18.6 Å². The molecule has 0 spiro atoms. The molecule has 3 rings (SSSR count). The first kappa shape index (κ1) is 16.0. The van der Waals surface area contributed by atoms with Crippen LogP contribution >= 0.6 is 0 Å². The molecule has 6 nitrogen and oxygen atoms in total. The average molecular weight is 329 g/mol. The number of halogens is 1. The number of ether oxygens (including phenoxy) is 1. The standard InChI is InChI=1S/C17H16FN3O3/c18-13-8-6-11(7-9-13)4-5-12-2-1-3-14(10-12)24-16-15(17(22)23)19-21-20-16/h1-3,10-11,13H,6-9H2,(H,22,23)(H,19,20,21). The quantitative estimate of drug-likeness (QED) is 0.844. The van der Waals surface area contributed by atoms with Crippen LogP contribution in [0.15, 0.2) is 24.3 Å². The Balaban J connectivity index is 1.71. The van der Waals surface area contributed by atoms with Crippen LogP contribution in [0.5, 0.6) is 11.6 Å². The molecule has 1 saturated carbocycles. The summed E-state index contributed by atoms with van der Waals surface area (Å²) in [7, 11) is 0. The smallest absolute Gasteiger partial charge is 0.362 e. The van der Waals surface area contributed by atoms with Crippen LogP contribution in [0.3, 0.4) is 0 Å². The molecule has 2 N–H and O–H groups in total. The zero-order valence-electron chi connectivity index (χ0n) is 12.8.